The molecule has 18 heteroatoms. The summed E-state index contributed by atoms with van der Waals surface area (Å²) < 4.78 is 67.3. The lowest BCUT2D eigenvalue weighted by molar-refractivity contribution is 0.220. The zero-order valence-electron chi connectivity index (χ0n) is 25.1. The van der Waals surface area contributed by atoms with Crippen LogP contribution in [0.4, 0.5) is 5.69 Å². The number of anilines is 1. The summed E-state index contributed by atoms with van der Waals surface area (Å²) in [6.07, 6.45) is 5.12. The first-order chi connectivity index (χ1) is 21.2. The smallest absolute Gasteiger partial charge is 0.300 e. The maximum atomic E-state index is 13.0. The van der Waals surface area contributed by atoms with Gasteiger partial charge in [0, 0.05) is 34.6 Å². The first-order valence-electron chi connectivity index (χ1n) is 13.1. The van der Waals surface area contributed by atoms with Crippen LogP contribution in [0.1, 0.15) is 21.4 Å². The molecule has 0 radical (unpaired) electrons. The molecule has 0 fully saturated rings. The van der Waals surface area contributed by atoms with Crippen molar-refractivity contribution in [3.05, 3.63) is 73.9 Å². The van der Waals surface area contributed by atoms with Crippen molar-refractivity contribution >= 4 is 54.1 Å². The average Bonchev–Trinajstić information content (AvgIpc) is 3.53. The van der Waals surface area contributed by atoms with Gasteiger partial charge in [-0.2, -0.15) is 8.42 Å². The number of nitrogens with zero attached hydrogens (tertiary/aromatic N) is 5. The van der Waals surface area contributed by atoms with Crippen LogP contribution in [-0.2, 0) is 24.3 Å². The quantitative estimate of drug-likeness (QED) is 0.165. The summed E-state index contributed by atoms with van der Waals surface area (Å²) in [6, 6.07) is 4.83. The Morgan fingerprint density at radius 1 is 0.956 bits per heavy atom. The third kappa shape index (κ3) is 8.82. The molecule has 240 valence electrons. The standard InChI is InChI=1S/C22H23N5O8S3.C5H7NS/c1-13-22(36-14(2)25-13)38(31,32)26-17-9-16(10-24-20(17)33-3)15-5-6-19-23-11-18(21(28)27(19)12-15)34-7-8-35-37(4,29)30;1-4-3-7-5(2)6-4/h5-6,9-12,26H,7-8H2,1-4H3;3H,1-2H3. The van der Waals surface area contributed by atoms with Crippen molar-refractivity contribution in [1.82, 2.24) is 24.3 Å². The summed E-state index contributed by atoms with van der Waals surface area (Å²) in [5.74, 6) is -0.0453. The van der Waals surface area contributed by atoms with Gasteiger partial charge in [-0.25, -0.2) is 28.4 Å². The summed E-state index contributed by atoms with van der Waals surface area (Å²) in [4.78, 5) is 29.7. The average molecular weight is 695 g/mol. The van der Waals surface area contributed by atoms with Gasteiger partial charge in [-0.3, -0.25) is 18.1 Å². The van der Waals surface area contributed by atoms with Gasteiger partial charge in [-0.05, 0) is 45.9 Å². The van der Waals surface area contributed by atoms with Crippen LogP contribution in [-0.4, -0.2) is 67.8 Å². The topological polar surface area (TPSA) is 181 Å². The van der Waals surface area contributed by atoms with E-state index in [1.165, 1.54) is 36.2 Å². The van der Waals surface area contributed by atoms with Crippen LogP contribution >= 0.6 is 22.7 Å². The Kier molecular flexibility index (Phi) is 10.5. The zero-order chi connectivity index (χ0) is 32.9. The molecule has 5 rings (SSSR count). The van der Waals surface area contributed by atoms with E-state index in [9.17, 15) is 21.6 Å². The third-order valence-corrected chi connectivity index (χ3v) is 10.3. The van der Waals surface area contributed by atoms with E-state index < -0.39 is 25.7 Å². The summed E-state index contributed by atoms with van der Waals surface area (Å²) in [5, 5.41) is 3.82. The molecule has 0 saturated carbocycles. The molecule has 0 aromatic carbocycles. The number of hydrogen-bond donors (Lipinski definition) is 1. The Hall–Kier alpha value is -3.97. The molecule has 0 bridgehead atoms. The molecular weight excluding hydrogens is 665 g/mol. The number of pyridine rings is 2. The maximum absolute atomic E-state index is 13.0. The molecule has 0 spiro atoms. The first-order valence-corrected chi connectivity index (χ1v) is 18.0. The van der Waals surface area contributed by atoms with Gasteiger partial charge in [0.05, 0.1) is 35.3 Å². The molecule has 5 aromatic rings. The minimum atomic E-state index is -3.97. The molecule has 0 atom stereocenters. The number of aryl methyl sites for hydroxylation is 4. The van der Waals surface area contributed by atoms with Crippen LogP contribution in [0.15, 0.2) is 51.2 Å². The number of aromatic nitrogens is 5. The van der Waals surface area contributed by atoms with Crippen LogP contribution in [0.25, 0.3) is 16.8 Å². The zero-order valence-corrected chi connectivity index (χ0v) is 28.4. The van der Waals surface area contributed by atoms with Gasteiger partial charge in [-0.15, -0.1) is 22.7 Å². The fraction of sp³-hybridized carbons (Fsp3) is 0.296. The van der Waals surface area contributed by atoms with Crippen LogP contribution in [0.3, 0.4) is 0 Å². The number of rotatable bonds is 10. The highest BCUT2D eigenvalue weighted by atomic mass is 32.2. The highest BCUT2D eigenvalue weighted by Gasteiger charge is 2.23. The molecular formula is C27H30N6O8S4. The fourth-order valence-electron chi connectivity index (χ4n) is 3.94. The van der Waals surface area contributed by atoms with E-state index in [1.807, 2.05) is 13.8 Å². The summed E-state index contributed by atoms with van der Waals surface area (Å²) in [5.41, 5.74) is 2.42. The molecule has 0 saturated heterocycles. The monoisotopic (exact) mass is 694 g/mol. The van der Waals surface area contributed by atoms with Crippen LogP contribution in [0.5, 0.6) is 11.6 Å². The van der Waals surface area contributed by atoms with Crippen molar-refractivity contribution in [3.8, 4) is 22.8 Å². The van der Waals surface area contributed by atoms with E-state index in [0.717, 1.165) is 28.3 Å². The minimum Gasteiger partial charge on any atom is -0.484 e. The molecule has 0 aliphatic heterocycles. The van der Waals surface area contributed by atoms with Crippen molar-refractivity contribution in [1.29, 1.82) is 0 Å². The molecule has 0 aliphatic carbocycles. The lowest BCUT2D eigenvalue weighted by atomic mass is 10.1. The van der Waals surface area contributed by atoms with Gasteiger partial charge in [0.25, 0.3) is 25.7 Å². The second-order valence-corrected chi connectivity index (χ2v) is 15.2. The molecule has 45 heavy (non-hydrogen) atoms. The van der Waals surface area contributed by atoms with Gasteiger partial charge in [0.15, 0.2) is 4.21 Å². The number of fused-ring (bicyclic) bond motifs is 1. The summed E-state index contributed by atoms with van der Waals surface area (Å²) >= 11 is 2.74. The molecule has 5 aromatic heterocycles. The number of ether oxygens (including phenoxy) is 2. The number of thiazole rings is 2. The molecule has 0 unspecified atom stereocenters. The number of sulfonamides is 1. The van der Waals surface area contributed by atoms with E-state index in [-0.39, 0.29) is 34.7 Å². The van der Waals surface area contributed by atoms with E-state index in [1.54, 1.807) is 37.3 Å². The van der Waals surface area contributed by atoms with E-state index >= 15 is 0 Å². The van der Waals surface area contributed by atoms with Crippen LogP contribution in [0, 0.1) is 27.7 Å². The van der Waals surface area contributed by atoms with Gasteiger partial charge in [-0.1, -0.05) is 0 Å². The lowest BCUT2D eigenvalue weighted by Gasteiger charge is -2.13. The molecule has 5 heterocycles. The Bertz CT molecular complexity index is 2090. The molecule has 1 N–H and O–H groups in total. The SMILES string of the molecule is COc1ncc(-c2ccc3ncc(OCCOS(C)(=O)=O)c(=O)n3c2)cc1NS(=O)(=O)c1sc(C)nc1C.Cc1csc(C)n1. The Balaban J connectivity index is 0.000000580. The van der Waals surface area contributed by atoms with E-state index in [2.05, 4.69) is 34.2 Å². The van der Waals surface area contributed by atoms with Crippen molar-refractivity contribution in [2.45, 2.75) is 31.9 Å². The predicted molar refractivity (Wildman–Crippen MR) is 172 cm³/mol. The van der Waals surface area contributed by atoms with Crippen LogP contribution < -0.4 is 19.8 Å². The van der Waals surface area contributed by atoms with Crippen molar-refractivity contribution < 1.29 is 30.5 Å². The maximum Gasteiger partial charge on any atom is 0.300 e. The third-order valence-electron chi connectivity index (χ3n) is 5.77. The largest absolute Gasteiger partial charge is 0.484 e. The Morgan fingerprint density at radius 3 is 2.29 bits per heavy atom. The fourth-order valence-corrected chi connectivity index (χ4v) is 7.43. The van der Waals surface area contributed by atoms with E-state index in [0.29, 0.717) is 27.5 Å². The Labute approximate surface area is 267 Å². The van der Waals surface area contributed by atoms with Crippen molar-refractivity contribution in [2.75, 3.05) is 31.3 Å². The van der Waals surface area contributed by atoms with Crippen molar-refractivity contribution in [2.24, 2.45) is 0 Å². The molecule has 0 aliphatic rings. The highest BCUT2D eigenvalue weighted by molar-refractivity contribution is 7.94. The summed E-state index contributed by atoms with van der Waals surface area (Å²) in [6.45, 7) is 6.90. The van der Waals surface area contributed by atoms with Gasteiger partial charge in [0.1, 0.15) is 24.5 Å². The highest BCUT2D eigenvalue weighted by Crippen LogP contribution is 2.32. The van der Waals surface area contributed by atoms with Crippen LogP contribution in [0.2, 0.25) is 0 Å². The number of hydrogen-bond acceptors (Lipinski definition) is 14. The lowest BCUT2D eigenvalue weighted by Crippen LogP contribution is -2.20. The number of methoxy groups -OCH3 is 1. The Morgan fingerprint density at radius 2 is 1.71 bits per heavy atom. The van der Waals surface area contributed by atoms with Gasteiger partial charge in [0.2, 0.25) is 11.6 Å². The normalized spacial score (nSPS) is 11.6. The second-order valence-electron chi connectivity index (χ2n) is 9.45. The van der Waals surface area contributed by atoms with Gasteiger partial charge >= 0.3 is 0 Å². The van der Waals surface area contributed by atoms with Crippen molar-refractivity contribution in [3.63, 3.8) is 0 Å². The second kappa shape index (κ2) is 14.0. The summed E-state index contributed by atoms with van der Waals surface area (Å²) in [7, 11) is -6.23. The molecule has 14 nitrogen and oxygen atoms in total. The van der Waals surface area contributed by atoms with Gasteiger partial charge < -0.3 is 9.47 Å². The minimum absolute atomic E-state index is 0.0582. The first kappa shape index (κ1) is 33.9. The molecule has 0 amide bonds. The predicted octanol–water partition coefficient (Wildman–Crippen LogP) is 3.75. The number of nitrogens with one attached hydrogen (secondary N) is 1. The van der Waals surface area contributed by atoms with E-state index in [4.69, 9.17) is 9.47 Å².